The van der Waals surface area contributed by atoms with Gasteiger partial charge in [0.1, 0.15) is 5.69 Å². The van der Waals surface area contributed by atoms with Crippen molar-refractivity contribution in [3.8, 4) is 0 Å². The van der Waals surface area contributed by atoms with Gasteiger partial charge in [0.25, 0.3) is 5.91 Å². The van der Waals surface area contributed by atoms with E-state index < -0.39 is 0 Å². The molecule has 5 nitrogen and oxygen atoms in total. The third kappa shape index (κ3) is 6.71. The SMILES string of the molecule is CC(C)CCNc1ccnc(C(=O)N2CCN(C/C=C/c3ccccc3)CC2)c1. The van der Waals surface area contributed by atoms with Crippen LogP contribution in [0, 0.1) is 5.92 Å². The van der Waals surface area contributed by atoms with Gasteiger partial charge in [-0.3, -0.25) is 14.7 Å². The third-order valence-electron chi connectivity index (χ3n) is 5.16. The van der Waals surface area contributed by atoms with Crippen LogP contribution >= 0.6 is 0 Å². The summed E-state index contributed by atoms with van der Waals surface area (Å²) in [6, 6.07) is 14.1. The van der Waals surface area contributed by atoms with E-state index in [4.69, 9.17) is 0 Å². The van der Waals surface area contributed by atoms with E-state index in [2.05, 4.69) is 53.3 Å². The van der Waals surface area contributed by atoms with E-state index in [1.807, 2.05) is 35.2 Å². The topological polar surface area (TPSA) is 48.5 Å². The number of carbonyl (C=O) groups is 1. The quantitative estimate of drug-likeness (QED) is 0.737. The molecule has 0 aliphatic carbocycles. The lowest BCUT2D eigenvalue weighted by molar-refractivity contribution is 0.0644. The van der Waals surface area contributed by atoms with Crippen LogP contribution in [0.25, 0.3) is 6.08 Å². The minimum atomic E-state index is 0.0250. The Bertz CT molecular complexity index is 796. The lowest BCUT2D eigenvalue weighted by Gasteiger charge is -2.34. The molecule has 0 radical (unpaired) electrons. The smallest absolute Gasteiger partial charge is 0.272 e. The van der Waals surface area contributed by atoms with E-state index in [0.717, 1.165) is 51.4 Å². The van der Waals surface area contributed by atoms with E-state index in [1.165, 1.54) is 5.56 Å². The minimum absolute atomic E-state index is 0.0250. The number of piperazine rings is 1. The summed E-state index contributed by atoms with van der Waals surface area (Å²) in [6.45, 7) is 9.49. The predicted octanol–water partition coefficient (Wildman–Crippen LogP) is 4.01. The van der Waals surface area contributed by atoms with Crippen LogP contribution < -0.4 is 5.32 Å². The molecule has 1 amide bonds. The molecule has 0 atom stereocenters. The van der Waals surface area contributed by atoms with E-state index in [9.17, 15) is 4.79 Å². The fourth-order valence-corrected chi connectivity index (χ4v) is 3.36. The number of hydrogen-bond donors (Lipinski definition) is 1. The maximum Gasteiger partial charge on any atom is 0.272 e. The summed E-state index contributed by atoms with van der Waals surface area (Å²) in [5.74, 6) is 0.682. The lowest BCUT2D eigenvalue weighted by Crippen LogP contribution is -2.48. The van der Waals surface area contributed by atoms with Crippen LogP contribution in [0.5, 0.6) is 0 Å². The molecule has 3 rings (SSSR count). The molecule has 5 heteroatoms. The Morgan fingerprint density at radius 3 is 2.62 bits per heavy atom. The molecule has 1 saturated heterocycles. The zero-order valence-electron chi connectivity index (χ0n) is 17.6. The van der Waals surface area contributed by atoms with Crippen LogP contribution in [-0.2, 0) is 0 Å². The number of rotatable bonds is 8. The number of hydrogen-bond acceptors (Lipinski definition) is 4. The molecule has 154 valence electrons. The summed E-state index contributed by atoms with van der Waals surface area (Å²) in [4.78, 5) is 21.4. The molecule has 1 fully saturated rings. The minimum Gasteiger partial charge on any atom is -0.385 e. The van der Waals surface area contributed by atoms with Crippen molar-refractivity contribution in [2.75, 3.05) is 44.6 Å². The first-order valence-corrected chi connectivity index (χ1v) is 10.5. The molecular formula is C24H32N4O. The second-order valence-corrected chi connectivity index (χ2v) is 7.94. The first-order chi connectivity index (χ1) is 14.1. The largest absolute Gasteiger partial charge is 0.385 e. The number of benzene rings is 1. The summed E-state index contributed by atoms with van der Waals surface area (Å²) in [7, 11) is 0. The molecule has 0 unspecified atom stereocenters. The van der Waals surface area contributed by atoms with Crippen LogP contribution in [0.4, 0.5) is 5.69 Å². The highest BCUT2D eigenvalue weighted by molar-refractivity contribution is 5.93. The molecule has 2 aromatic rings. The van der Waals surface area contributed by atoms with Gasteiger partial charge in [-0.25, -0.2) is 0 Å². The van der Waals surface area contributed by atoms with E-state index in [1.54, 1.807) is 6.20 Å². The summed E-state index contributed by atoms with van der Waals surface area (Å²) < 4.78 is 0. The Hall–Kier alpha value is -2.66. The van der Waals surface area contributed by atoms with Gasteiger partial charge in [0.15, 0.2) is 0 Å². The van der Waals surface area contributed by atoms with Gasteiger partial charge >= 0.3 is 0 Å². The first-order valence-electron chi connectivity index (χ1n) is 10.5. The number of nitrogens with one attached hydrogen (secondary N) is 1. The lowest BCUT2D eigenvalue weighted by atomic mass is 10.1. The highest BCUT2D eigenvalue weighted by Gasteiger charge is 2.22. The van der Waals surface area contributed by atoms with Gasteiger partial charge in [-0.15, -0.1) is 0 Å². The van der Waals surface area contributed by atoms with Gasteiger partial charge in [0.05, 0.1) is 0 Å². The van der Waals surface area contributed by atoms with Gasteiger partial charge in [-0.05, 0) is 30.0 Å². The van der Waals surface area contributed by atoms with Gasteiger partial charge in [-0.2, -0.15) is 0 Å². The second-order valence-electron chi connectivity index (χ2n) is 7.94. The van der Waals surface area contributed by atoms with Crippen molar-refractivity contribution in [1.82, 2.24) is 14.8 Å². The molecule has 1 aliphatic rings. The van der Waals surface area contributed by atoms with E-state index in [-0.39, 0.29) is 5.91 Å². The van der Waals surface area contributed by atoms with Crippen molar-refractivity contribution in [1.29, 1.82) is 0 Å². The highest BCUT2D eigenvalue weighted by atomic mass is 16.2. The van der Waals surface area contributed by atoms with Crippen molar-refractivity contribution in [2.24, 2.45) is 5.92 Å². The predicted molar refractivity (Wildman–Crippen MR) is 120 cm³/mol. The van der Waals surface area contributed by atoms with Gasteiger partial charge in [0, 0.05) is 51.2 Å². The number of aromatic nitrogens is 1. The Kier molecular flexibility index (Phi) is 7.82. The fourth-order valence-electron chi connectivity index (χ4n) is 3.36. The zero-order chi connectivity index (χ0) is 20.5. The van der Waals surface area contributed by atoms with Crippen molar-refractivity contribution >= 4 is 17.7 Å². The molecule has 29 heavy (non-hydrogen) atoms. The Morgan fingerprint density at radius 1 is 1.14 bits per heavy atom. The van der Waals surface area contributed by atoms with Crippen LogP contribution in [0.1, 0.15) is 36.3 Å². The molecule has 1 aromatic carbocycles. The summed E-state index contributed by atoms with van der Waals surface area (Å²) in [5, 5.41) is 3.39. The molecule has 2 heterocycles. The number of anilines is 1. The normalized spacial score (nSPS) is 15.2. The Labute approximate surface area is 174 Å². The molecule has 1 aromatic heterocycles. The molecule has 0 saturated carbocycles. The van der Waals surface area contributed by atoms with Gasteiger partial charge in [-0.1, -0.05) is 56.3 Å². The number of amides is 1. The van der Waals surface area contributed by atoms with Crippen molar-refractivity contribution < 1.29 is 4.79 Å². The standard InChI is InChI=1S/C24H32N4O/c1-20(2)10-12-25-22-11-13-26-23(19-22)24(29)28-17-15-27(16-18-28)14-6-9-21-7-4-3-5-8-21/h3-9,11,13,19-20H,10,12,14-18H2,1-2H3,(H,25,26)/b9-6+. The maximum absolute atomic E-state index is 12.8. The van der Waals surface area contributed by atoms with Crippen molar-refractivity contribution in [2.45, 2.75) is 20.3 Å². The molecule has 1 aliphatic heterocycles. The number of carbonyl (C=O) groups excluding carboxylic acids is 1. The maximum atomic E-state index is 12.8. The molecular weight excluding hydrogens is 360 g/mol. The number of nitrogens with zero attached hydrogens (tertiary/aromatic N) is 3. The summed E-state index contributed by atoms with van der Waals surface area (Å²) in [6.07, 6.45) is 7.17. The average molecular weight is 393 g/mol. The monoisotopic (exact) mass is 392 g/mol. The molecule has 1 N–H and O–H groups in total. The van der Waals surface area contributed by atoms with Crippen LogP contribution in [0.3, 0.4) is 0 Å². The summed E-state index contributed by atoms with van der Waals surface area (Å²) >= 11 is 0. The van der Waals surface area contributed by atoms with Gasteiger partial charge in [0.2, 0.25) is 0 Å². The highest BCUT2D eigenvalue weighted by Crippen LogP contribution is 2.13. The van der Waals surface area contributed by atoms with Crippen LogP contribution in [0.15, 0.2) is 54.7 Å². The van der Waals surface area contributed by atoms with Crippen LogP contribution in [-0.4, -0.2) is 60.0 Å². The second kappa shape index (κ2) is 10.8. The average Bonchev–Trinajstić information content (AvgIpc) is 2.74. The van der Waals surface area contributed by atoms with Crippen molar-refractivity contribution in [3.05, 3.63) is 66.0 Å². The molecule has 0 spiro atoms. The van der Waals surface area contributed by atoms with E-state index >= 15 is 0 Å². The summed E-state index contributed by atoms with van der Waals surface area (Å²) in [5.41, 5.74) is 2.71. The zero-order valence-corrected chi connectivity index (χ0v) is 17.6. The van der Waals surface area contributed by atoms with Crippen molar-refractivity contribution in [3.63, 3.8) is 0 Å². The van der Waals surface area contributed by atoms with E-state index in [0.29, 0.717) is 11.6 Å². The van der Waals surface area contributed by atoms with Crippen LogP contribution in [0.2, 0.25) is 0 Å². The Morgan fingerprint density at radius 2 is 1.90 bits per heavy atom. The Balaban J connectivity index is 1.46. The fraction of sp³-hybridized carbons (Fsp3) is 0.417. The first kappa shape index (κ1) is 21.1. The molecule has 0 bridgehead atoms. The van der Waals surface area contributed by atoms with Gasteiger partial charge < -0.3 is 10.2 Å². The number of pyridine rings is 1. The third-order valence-corrected chi connectivity index (χ3v) is 5.16.